The highest BCUT2D eigenvalue weighted by molar-refractivity contribution is 7.90. The minimum atomic E-state index is -3.58. The molecular weight excluding hydrogens is 218 g/mol. The topological polar surface area (TPSA) is 72.5 Å². The highest BCUT2D eigenvalue weighted by Gasteiger charge is 2.16. The number of ether oxygens (including phenoxy) is 1. The summed E-state index contributed by atoms with van der Waals surface area (Å²) < 4.78 is 29.2. The first-order valence-corrected chi connectivity index (χ1v) is 6.19. The Kier molecular flexibility index (Phi) is 6.75. The molecular formula is C9H15NO4S. The zero-order valence-electron chi connectivity index (χ0n) is 8.87. The maximum Gasteiger partial charge on any atom is 0.322 e. The van der Waals surface area contributed by atoms with Crippen LogP contribution in [0.4, 0.5) is 0 Å². The van der Waals surface area contributed by atoms with E-state index in [0.29, 0.717) is 6.42 Å². The predicted molar refractivity (Wildman–Crippen MR) is 56.5 cm³/mol. The number of hydrogen-bond donors (Lipinski definition) is 1. The Bertz CT molecular complexity index is 350. The molecule has 0 heterocycles. The fourth-order valence-electron chi connectivity index (χ4n) is 0.803. The zero-order valence-corrected chi connectivity index (χ0v) is 9.69. The van der Waals surface area contributed by atoms with Gasteiger partial charge in [0.05, 0.1) is 6.61 Å². The summed E-state index contributed by atoms with van der Waals surface area (Å²) in [6.45, 7) is 3.68. The molecule has 0 fully saturated rings. The van der Waals surface area contributed by atoms with Crippen molar-refractivity contribution in [3.63, 3.8) is 0 Å². The molecule has 0 atom stereocenters. The lowest BCUT2D eigenvalue weighted by atomic mass is 10.4. The normalized spacial score (nSPS) is 10.3. The quantitative estimate of drug-likeness (QED) is 0.394. The number of carbonyl (C=O) groups excluding carboxylic acids is 1. The third-order valence-electron chi connectivity index (χ3n) is 1.36. The van der Waals surface area contributed by atoms with Crippen molar-refractivity contribution in [3.8, 4) is 11.8 Å². The van der Waals surface area contributed by atoms with Gasteiger partial charge >= 0.3 is 5.97 Å². The van der Waals surface area contributed by atoms with Crippen molar-refractivity contribution in [1.29, 1.82) is 0 Å². The first-order chi connectivity index (χ1) is 7.02. The van der Waals surface area contributed by atoms with Crippen LogP contribution in [-0.2, 0) is 19.6 Å². The van der Waals surface area contributed by atoms with Crippen molar-refractivity contribution in [1.82, 2.24) is 4.72 Å². The Labute approximate surface area is 90.2 Å². The monoisotopic (exact) mass is 233 g/mol. The molecule has 0 rings (SSSR count). The molecule has 0 aromatic rings. The molecule has 0 aromatic carbocycles. The number of hydrogen-bond acceptors (Lipinski definition) is 4. The van der Waals surface area contributed by atoms with E-state index < -0.39 is 21.7 Å². The maximum absolute atomic E-state index is 11.2. The molecule has 0 amide bonds. The fourth-order valence-corrected chi connectivity index (χ4v) is 1.71. The van der Waals surface area contributed by atoms with Crippen molar-refractivity contribution in [2.75, 3.05) is 18.9 Å². The summed E-state index contributed by atoms with van der Waals surface area (Å²) in [5.74, 6) is 3.96. The largest absolute Gasteiger partial charge is 0.465 e. The van der Waals surface area contributed by atoms with Gasteiger partial charge in [-0.2, -0.15) is 0 Å². The highest BCUT2D eigenvalue weighted by atomic mass is 32.2. The minimum Gasteiger partial charge on any atom is -0.465 e. The van der Waals surface area contributed by atoms with Gasteiger partial charge in [-0.25, -0.2) is 13.1 Å². The fraction of sp³-hybridized carbons (Fsp3) is 0.667. The molecule has 0 saturated carbocycles. The molecule has 86 valence electrons. The van der Waals surface area contributed by atoms with E-state index in [-0.39, 0.29) is 13.2 Å². The Morgan fingerprint density at radius 1 is 1.47 bits per heavy atom. The first kappa shape index (κ1) is 13.9. The van der Waals surface area contributed by atoms with Crippen molar-refractivity contribution in [3.05, 3.63) is 0 Å². The summed E-state index contributed by atoms with van der Waals surface area (Å²) in [6, 6.07) is 0. The van der Waals surface area contributed by atoms with Gasteiger partial charge in [-0.3, -0.25) is 4.79 Å². The maximum atomic E-state index is 11.2. The lowest BCUT2D eigenvalue weighted by molar-refractivity contribution is -0.139. The number of nitrogens with one attached hydrogen (secondary N) is 1. The van der Waals surface area contributed by atoms with Gasteiger partial charge < -0.3 is 4.74 Å². The Morgan fingerprint density at radius 2 is 2.13 bits per heavy atom. The molecule has 0 aliphatic rings. The van der Waals surface area contributed by atoms with Crippen LogP contribution in [0.3, 0.4) is 0 Å². The molecule has 15 heavy (non-hydrogen) atoms. The molecule has 6 heteroatoms. The van der Waals surface area contributed by atoms with Crippen molar-refractivity contribution in [2.24, 2.45) is 0 Å². The lowest BCUT2D eigenvalue weighted by Crippen LogP contribution is -2.31. The summed E-state index contributed by atoms with van der Waals surface area (Å²) in [7, 11) is -3.58. The van der Waals surface area contributed by atoms with E-state index in [0.717, 1.165) is 0 Å². The number of rotatable bonds is 6. The van der Waals surface area contributed by atoms with Gasteiger partial charge in [0, 0.05) is 13.0 Å². The Hall–Kier alpha value is -1.06. The second-order valence-electron chi connectivity index (χ2n) is 2.64. The number of esters is 1. The van der Waals surface area contributed by atoms with Crippen LogP contribution in [0.5, 0.6) is 0 Å². The summed E-state index contributed by atoms with van der Waals surface area (Å²) in [5.41, 5.74) is 0. The Morgan fingerprint density at radius 3 is 2.67 bits per heavy atom. The van der Waals surface area contributed by atoms with E-state index in [4.69, 9.17) is 0 Å². The highest BCUT2D eigenvalue weighted by Crippen LogP contribution is 1.88. The van der Waals surface area contributed by atoms with Gasteiger partial charge in [-0.1, -0.05) is 0 Å². The molecule has 1 N–H and O–H groups in total. The molecule has 5 nitrogen and oxygen atoms in total. The summed E-state index contributed by atoms with van der Waals surface area (Å²) in [6.07, 6.45) is 0.429. The lowest BCUT2D eigenvalue weighted by Gasteiger charge is -2.04. The molecule has 0 bridgehead atoms. The summed E-state index contributed by atoms with van der Waals surface area (Å²) >= 11 is 0. The molecule has 0 aliphatic heterocycles. The van der Waals surface area contributed by atoms with Gasteiger partial charge in [0.2, 0.25) is 10.0 Å². The van der Waals surface area contributed by atoms with Gasteiger partial charge in [0.25, 0.3) is 0 Å². The van der Waals surface area contributed by atoms with Crippen LogP contribution in [0.25, 0.3) is 0 Å². The average molecular weight is 233 g/mol. The minimum absolute atomic E-state index is 0.176. The second-order valence-corrected chi connectivity index (χ2v) is 4.44. The van der Waals surface area contributed by atoms with E-state index in [1.54, 1.807) is 13.8 Å². The standard InChI is InChI=1S/C9H15NO4S/c1-3-5-6-7-10-15(12,13)8-9(11)14-4-2/h10H,4,6-8H2,1-2H3. The van der Waals surface area contributed by atoms with Gasteiger partial charge in [0.1, 0.15) is 0 Å². The molecule has 0 radical (unpaired) electrons. The first-order valence-electron chi connectivity index (χ1n) is 4.54. The van der Waals surface area contributed by atoms with Crippen LogP contribution in [0.1, 0.15) is 20.3 Å². The van der Waals surface area contributed by atoms with Crippen molar-refractivity contribution in [2.45, 2.75) is 20.3 Å². The van der Waals surface area contributed by atoms with Gasteiger partial charge in [-0.15, -0.1) is 11.8 Å². The smallest absolute Gasteiger partial charge is 0.322 e. The van der Waals surface area contributed by atoms with Gasteiger partial charge in [0.15, 0.2) is 5.75 Å². The molecule has 0 spiro atoms. The SMILES string of the molecule is CC#CCCNS(=O)(=O)CC(=O)OCC. The average Bonchev–Trinajstić information content (AvgIpc) is 2.12. The van der Waals surface area contributed by atoms with E-state index in [2.05, 4.69) is 21.3 Å². The number of carbonyl (C=O) groups is 1. The van der Waals surface area contributed by atoms with E-state index in [1.165, 1.54) is 0 Å². The molecule has 0 aliphatic carbocycles. The van der Waals surface area contributed by atoms with Crippen LogP contribution < -0.4 is 4.72 Å². The van der Waals surface area contributed by atoms with E-state index in [1.807, 2.05) is 0 Å². The summed E-state index contributed by atoms with van der Waals surface area (Å²) in [4.78, 5) is 10.9. The van der Waals surface area contributed by atoms with Crippen LogP contribution in [0, 0.1) is 11.8 Å². The van der Waals surface area contributed by atoms with E-state index >= 15 is 0 Å². The van der Waals surface area contributed by atoms with Crippen LogP contribution in [0.2, 0.25) is 0 Å². The predicted octanol–water partition coefficient (Wildman–Crippen LogP) is -0.118. The Balaban J connectivity index is 3.95. The van der Waals surface area contributed by atoms with Crippen LogP contribution in [-0.4, -0.2) is 33.3 Å². The van der Waals surface area contributed by atoms with Crippen LogP contribution in [0.15, 0.2) is 0 Å². The molecule has 0 aromatic heterocycles. The van der Waals surface area contributed by atoms with Crippen LogP contribution >= 0.6 is 0 Å². The van der Waals surface area contributed by atoms with Gasteiger partial charge in [-0.05, 0) is 13.8 Å². The number of sulfonamides is 1. The third-order valence-corrected chi connectivity index (χ3v) is 2.62. The summed E-state index contributed by atoms with van der Waals surface area (Å²) in [5, 5.41) is 0. The molecule has 0 saturated heterocycles. The molecule has 0 unspecified atom stereocenters. The van der Waals surface area contributed by atoms with Crippen molar-refractivity contribution < 1.29 is 17.9 Å². The van der Waals surface area contributed by atoms with Crippen molar-refractivity contribution >= 4 is 16.0 Å². The third kappa shape index (κ3) is 7.97. The zero-order chi connectivity index (χ0) is 11.7. The second kappa shape index (κ2) is 7.26. The van der Waals surface area contributed by atoms with E-state index in [9.17, 15) is 13.2 Å².